The smallest absolute Gasteiger partial charge is 0.346 e. The minimum absolute atomic E-state index is 0.247. The minimum atomic E-state index is -0.374. The molecule has 0 bridgehead atoms. The molecule has 1 aromatic carbocycles. The van der Waals surface area contributed by atoms with E-state index in [0.29, 0.717) is 18.5 Å². The molecule has 0 saturated heterocycles. The molecule has 2 N–H and O–H groups in total. The van der Waals surface area contributed by atoms with Gasteiger partial charge in [0.2, 0.25) is 0 Å². The zero-order chi connectivity index (χ0) is 11.4. The second-order valence-electron chi connectivity index (χ2n) is 3.43. The van der Waals surface area contributed by atoms with Gasteiger partial charge in [0, 0.05) is 6.07 Å². The van der Waals surface area contributed by atoms with E-state index in [1.54, 1.807) is 18.2 Å². The first-order valence-electron chi connectivity index (χ1n) is 5.17. The van der Waals surface area contributed by atoms with Crippen molar-refractivity contribution in [3.05, 3.63) is 40.8 Å². The Morgan fingerprint density at radius 3 is 2.94 bits per heavy atom. The molecule has 0 fully saturated rings. The second-order valence-corrected chi connectivity index (χ2v) is 3.43. The summed E-state index contributed by atoms with van der Waals surface area (Å²) in [6.07, 6.45) is 0.733. The molecular weight excluding hydrogens is 206 g/mol. The average Bonchev–Trinajstić information content (AvgIpc) is 2.30. The Morgan fingerprint density at radius 2 is 2.12 bits per heavy atom. The first kappa shape index (κ1) is 10.7. The van der Waals surface area contributed by atoms with Crippen molar-refractivity contribution < 1.29 is 9.15 Å². The van der Waals surface area contributed by atoms with Crippen LogP contribution < -0.4 is 16.1 Å². The van der Waals surface area contributed by atoms with Crippen LogP contribution in [0.4, 0.5) is 0 Å². The monoisotopic (exact) mass is 219 g/mol. The largest absolute Gasteiger partial charge is 0.465 e. The van der Waals surface area contributed by atoms with Crippen molar-refractivity contribution in [2.75, 3.05) is 13.2 Å². The SMILES string of the molecule is NCCCOc1cc2ccccc2c(=O)o1. The van der Waals surface area contributed by atoms with Gasteiger partial charge in [-0.15, -0.1) is 0 Å². The van der Waals surface area contributed by atoms with E-state index >= 15 is 0 Å². The van der Waals surface area contributed by atoms with Gasteiger partial charge in [0.05, 0.1) is 12.0 Å². The third-order valence-corrected chi connectivity index (χ3v) is 2.24. The van der Waals surface area contributed by atoms with Crippen LogP contribution in [0.1, 0.15) is 6.42 Å². The molecule has 1 aromatic heterocycles. The summed E-state index contributed by atoms with van der Waals surface area (Å²) in [6.45, 7) is 1.01. The van der Waals surface area contributed by atoms with Crippen LogP contribution in [0.3, 0.4) is 0 Å². The van der Waals surface area contributed by atoms with Gasteiger partial charge in [0.25, 0.3) is 5.95 Å². The minimum Gasteiger partial charge on any atom is -0.465 e. The zero-order valence-electron chi connectivity index (χ0n) is 8.81. The fourth-order valence-electron chi connectivity index (χ4n) is 1.44. The Bertz CT molecular complexity index is 533. The number of hydrogen-bond acceptors (Lipinski definition) is 4. The highest BCUT2D eigenvalue weighted by molar-refractivity contribution is 5.81. The molecule has 0 saturated carbocycles. The average molecular weight is 219 g/mol. The molecule has 0 spiro atoms. The van der Waals surface area contributed by atoms with E-state index in [1.165, 1.54) is 0 Å². The predicted octanol–water partition coefficient (Wildman–Crippen LogP) is 1.52. The Morgan fingerprint density at radius 1 is 1.31 bits per heavy atom. The zero-order valence-corrected chi connectivity index (χ0v) is 8.81. The Labute approximate surface area is 92.6 Å². The van der Waals surface area contributed by atoms with E-state index in [0.717, 1.165) is 11.8 Å². The van der Waals surface area contributed by atoms with E-state index in [1.807, 2.05) is 12.1 Å². The van der Waals surface area contributed by atoms with Gasteiger partial charge in [-0.1, -0.05) is 18.2 Å². The van der Waals surface area contributed by atoms with Crippen molar-refractivity contribution in [2.24, 2.45) is 5.73 Å². The summed E-state index contributed by atoms with van der Waals surface area (Å²) < 4.78 is 10.3. The molecule has 0 aliphatic heterocycles. The van der Waals surface area contributed by atoms with Crippen LogP contribution in [0.25, 0.3) is 10.8 Å². The van der Waals surface area contributed by atoms with Crippen molar-refractivity contribution >= 4 is 10.8 Å². The van der Waals surface area contributed by atoms with Gasteiger partial charge in [0.15, 0.2) is 0 Å². The highest BCUT2D eigenvalue weighted by atomic mass is 16.6. The Balaban J connectivity index is 2.31. The highest BCUT2D eigenvalue weighted by Gasteiger charge is 2.03. The maximum Gasteiger partial charge on any atom is 0.346 e. The van der Waals surface area contributed by atoms with Crippen molar-refractivity contribution in [2.45, 2.75) is 6.42 Å². The van der Waals surface area contributed by atoms with Crippen LogP contribution in [-0.2, 0) is 0 Å². The maximum atomic E-state index is 11.6. The van der Waals surface area contributed by atoms with Crippen LogP contribution in [0.2, 0.25) is 0 Å². The number of ether oxygens (including phenoxy) is 1. The summed E-state index contributed by atoms with van der Waals surface area (Å²) in [6, 6.07) is 8.96. The van der Waals surface area contributed by atoms with Gasteiger partial charge in [-0.25, -0.2) is 4.79 Å². The summed E-state index contributed by atoms with van der Waals surface area (Å²) in [4.78, 5) is 11.6. The van der Waals surface area contributed by atoms with E-state index in [-0.39, 0.29) is 11.6 Å². The molecule has 0 atom stereocenters. The molecule has 0 aliphatic carbocycles. The topological polar surface area (TPSA) is 65.5 Å². The number of benzene rings is 1. The first-order valence-corrected chi connectivity index (χ1v) is 5.17. The lowest BCUT2D eigenvalue weighted by atomic mass is 10.2. The molecular formula is C12H13NO3. The number of hydrogen-bond donors (Lipinski definition) is 1. The van der Waals surface area contributed by atoms with E-state index in [2.05, 4.69) is 0 Å². The molecule has 2 aromatic rings. The molecule has 1 heterocycles. The fraction of sp³-hybridized carbons (Fsp3) is 0.250. The van der Waals surface area contributed by atoms with Gasteiger partial charge < -0.3 is 14.9 Å². The number of fused-ring (bicyclic) bond motifs is 1. The van der Waals surface area contributed by atoms with Crippen molar-refractivity contribution in [1.82, 2.24) is 0 Å². The Hall–Kier alpha value is -1.81. The summed E-state index contributed by atoms with van der Waals surface area (Å²) in [5.74, 6) is 0.247. The molecule has 0 amide bonds. The van der Waals surface area contributed by atoms with Crippen LogP contribution in [0, 0.1) is 0 Å². The molecule has 16 heavy (non-hydrogen) atoms. The molecule has 4 nitrogen and oxygen atoms in total. The van der Waals surface area contributed by atoms with Crippen LogP contribution in [0.5, 0.6) is 5.95 Å². The van der Waals surface area contributed by atoms with E-state index in [9.17, 15) is 4.79 Å². The van der Waals surface area contributed by atoms with Gasteiger partial charge >= 0.3 is 5.63 Å². The lowest BCUT2D eigenvalue weighted by Gasteiger charge is -2.04. The molecule has 0 aliphatic rings. The van der Waals surface area contributed by atoms with Crippen molar-refractivity contribution in [3.8, 4) is 5.95 Å². The normalized spacial score (nSPS) is 10.6. The first-order chi connectivity index (χ1) is 7.81. The van der Waals surface area contributed by atoms with Gasteiger partial charge in [0.1, 0.15) is 0 Å². The molecule has 0 unspecified atom stereocenters. The Kier molecular flexibility index (Phi) is 3.22. The quantitative estimate of drug-likeness (QED) is 0.792. The van der Waals surface area contributed by atoms with Crippen molar-refractivity contribution in [1.29, 1.82) is 0 Å². The maximum absolute atomic E-state index is 11.6. The summed E-state index contributed by atoms with van der Waals surface area (Å²) in [7, 11) is 0. The van der Waals surface area contributed by atoms with Gasteiger partial charge in [-0.05, 0) is 24.4 Å². The summed E-state index contributed by atoms with van der Waals surface area (Å²) >= 11 is 0. The molecule has 84 valence electrons. The summed E-state index contributed by atoms with van der Waals surface area (Å²) in [5.41, 5.74) is 4.97. The summed E-state index contributed by atoms with van der Waals surface area (Å²) in [5, 5.41) is 1.38. The second kappa shape index (κ2) is 4.81. The molecule has 4 heteroatoms. The van der Waals surface area contributed by atoms with Crippen molar-refractivity contribution in [3.63, 3.8) is 0 Å². The van der Waals surface area contributed by atoms with Crippen LogP contribution >= 0.6 is 0 Å². The van der Waals surface area contributed by atoms with Gasteiger partial charge in [-0.3, -0.25) is 0 Å². The predicted molar refractivity (Wildman–Crippen MR) is 61.7 cm³/mol. The molecule has 2 rings (SSSR count). The highest BCUT2D eigenvalue weighted by Crippen LogP contribution is 2.16. The lowest BCUT2D eigenvalue weighted by molar-refractivity contribution is 0.230. The molecule has 0 radical (unpaired) electrons. The van der Waals surface area contributed by atoms with Crippen LogP contribution in [0.15, 0.2) is 39.5 Å². The fourth-order valence-corrected chi connectivity index (χ4v) is 1.44. The lowest BCUT2D eigenvalue weighted by Crippen LogP contribution is -2.08. The van der Waals surface area contributed by atoms with E-state index in [4.69, 9.17) is 14.9 Å². The third kappa shape index (κ3) is 2.23. The standard InChI is InChI=1S/C12H13NO3/c13-6-3-7-15-11-8-9-4-1-2-5-10(9)12(14)16-11/h1-2,4-5,8H,3,6-7,13H2. The number of rotatable bonds is 4. The van der Waals surface area contributed by atoms with Crippen LogP contribution in [-0.4, -0.2) is 13.2 Å². The third-order valence-electron chi connectivity index (χ3n) is 2.24. The van der Waals surface area contributed by atoms with E-state index < -0.39 is 0 Å². The van der Waals surface area contributed by atoms with Gasteiger partial charge in [-0.2, -0.15) is 0 Å². The number of nitrogens with two attached hydrogens (primary N) is 1.